The van der Waals surface area contributed by atoms with Gasteiger partial charge in [0.1, 0.15) is 0 Å². The number of pyridine rings is 1. The van der Waals surface area contributed by atoms with Gasteiger partial charge in [0.15, 0.2) is 11.6 Å². The minimum Gasteiger partial charge on any atom is -0.376 e. The Morgan fingerprint density at radius 3 is 3.15 bits per heavy atom. The van der Waals surface area contributed by atoms with E-state index in [0.717, 1.165) is 39.0 Å². The van der Waals surface area contributed by atoms with Gasteiger partial charge in [0.2, 0.25) is 0 Å². The van der Waals surface area contributed by atoms with Crippen LogP contribution in [0.4, 0.5) is 10.2 Å². The highest BCUT2D eigenvalue weighted by atomic mass is 19.1. The maximum Gasteiger partial charge on any atom is 0.170 e. The fourth-order valence-electron chi connectivity index (χ4n) is 2.57. The second kappa shape index (κ2) is 7.55. The predicted octanol–water partition coefficient (Wildman–Crippen LogP) is 2.34. The molecule has 5 heteroatoms. The summed E-state index contributed by atoms with van der Waals surface area (Å²) in [5.74, 6) is 0.250. The van der Waals surface area contributed by atoms with Crippen LogP contribution in [0.5, 0.6) is 0 Å². The molecule has 1 aliphatic rings. The van der Waals surface area contributed by atoms with Gasteiger partial charge in [-0.3, -0.25) is 0 Å². The molecule has 0 aromatic carbocycles. The molecule has 112 valence electrons. The van der Waals surface area contributed by atoms with Crippen LogP contribution in [0.25, 0.3) is 0 Å². The summed E-state index contributed by atoms with van der Waals surface area (Å²) in [6.07, 6.45) is 4.96. The van der Waals surface area contributed by atoms with Crippen molar-refractivity contribution >= 4 is 5.82 Å². The first kappa shape index (κ1) is 15.2. The van der Waals surface area contributed by atoms with Gasteiger partial charge >= 0.3 is 0 Å². The first-order chi connectivity index (χ1) is 9.76. The Labute approximate surface area is 120 Å². The molecule has 1 N–H and O–H groups in total. The molecule has 1 fully saturated rings. The van der Waals surface area contributed by atoms with Crippen molar-refractivity contribution in [2.45, 2.75) is 38.8 Å². The van der Waals surface area contributed by atoms with Crippen molar-refractivity contribution in [1.29, 1.82) is 0 Å². The van der Waals surface area contributed by atoms with Crippen LogP contribution in [-0.2, 0) is 11.3 Å². The van der Waals surface area contributed by atoms with E-state index < -0.39 is 0 Å². The van der Waals surface area contributed by atoms with E-state index in [0.29, 0.717) is 17.9 Å². The molecule has 1 aliphatic heterocycles. The molecule has 0 spiro atoms. The van der Waals surface area contributed by atoms with Crippen LogP contribution < -0.4 is 10.2 Å². The molecular weight excluding hydrogens is 257 g/mol. The predicted molar refractivity (Wildman–Crippen MR) is 78.4 cm³/mol. The Morgan fingerprint density at radius 2 is 2.40 bits per heavy atom. The Morgan fingerprint density at radius 1 is 1.55 bits per heavy atom. The lowest BCUT2D eigenvalue weighted by Crippen LogP contribution is -2.40. The molecule has 2 heterocycles. The van der Waals surface area contributed by atoms with Gasteiger partial charge in [-0.25, -0.2) is 9.37 Å². The van der Waals surface area contributed by atoms with Gasteiger partial charge in [0.25, 0.3) is 0 Å². The second-order valence-electron chi connectivity index (χ2n) is 5.22. The van der Waals surface area contributed by atoms with Crippen LogP contribution in [0.2, 0.25) is 0 Å². The lowest BCUT2D eigenvalue weighted by atomic mass is 10.1. The summed E-state index contributed by atoms with van der Waals surface area (Å²) in [5, 5.41) is 2.98. The van der Waals surface area contributed by atoms with Crippen molar-refractivity contribution < 1.29 is 9.13 Å². The minimum atomic E-state index is -0.210. The third-order valence-electron chi connectivity index (χ3n) is 3.55. The van der Waals surface area contributed by atoms with E-state index in [1.165, 1.54) is 0 Å². The van der Waals surface area contributed by atoms with Crippen LogP contribution >= 0.6 is 0 Å². The molecule has 1 atom stereocenters. The number of nitrogens with one attached hydrogen (secondary N) is 1. The summed E-state index contributed by atoms with van der Waals surface area (Å²) in [7, 11) is 1.81. The molecule has 1 aromatic heterocycles. The molecule has 0 radical (unpaired) electrons. The summed E-state index contributed by atoms with van der Waals surface area (Å²) in [4.78, 5) is 6.24. The summed E-state index contributed by atoms with van der Waals surface area (Å²) >= 11 is 0. The Kier molecular flexibility index (Phi) is 5.73. The van der Waals surface area contributed by atoms with Gasteiger partial charge in [-0.2, -0.15) is 0 Å². The zero-order valence-electron chi connectivity index (χ0n) is 12.4. The van der Waals surface area contributed by atoms with E-state index in [2.05, 4.69) is 17.2 Å². The molecule has 1 aromatic rings. The average molecular weight is 281 g/mol. The van der Waals surface area contributed by atoms with E-state index >= 15 is 0 Å². The van der Waals surface area contributed by atoms with E-state index in [1.807, 2.05) is 11.9 Å². The third-order valence-corrected chi connectivity index (χ3v) is 3.55. The first-order valence-electron chi connectivity index (χ1n) is 7.40. The molecular formula is C15H24FN3O. The molecule has 0 saturated carbocycles. The quantitative estimate of drug-likeness (QED) is 0.868. The standard InChI is InChI=1S/C15H24FN3O/c1-3-9-20-13-5-4-8-19(11-13)15-14(16)12(10-17-2)6-7-18-15/h6-7,13,17H,3-5,8-11H2,1-2H3. The maximum absolute atomic E-state index is 14.4. The van der Waals surface area contributed by atoms with E-state index in [9.17, 15) is 4.39 Å². The van der Waals surface area contributed by atoms with E-state index in [-0.39, 0.29) is 11.9 Å². The minimum absolute atomic E-state index is 0.192. The van der Waals surface area contributed by atoms with Crippen molar-refractivity contribution in [3.63, 3.8) is 0 Å². The van der Waals surface area contributed by atoms with Gasteiger partial charge in [-0.1, -0.05) is 6.92 Å². The van der Waals surface area contributed by atoms with E-state index in [4.69, 9.17) is 4.74 Å². The lowest BCUT2D eigenvalue weighted by Gasteiger charge is -2.33. The number of halogens is 1. The van der Waals surface area contributed by atoms with Crippen molar-refractivity contribution in [2.75, 3.05) is 31.6 Å². The zero-order chi connectivity index (χ0) is 14.4. The summed E-state index contributed by atoms with van der Waals surface area (Å²) < 4.78 is 20.2. The SMILES string of the molecule is CCCOC1CCCN(c2nccc(CNC)c2F)C1. The van der Waals surface area contributed by atoms with Crippen molar-refractivity contribution in [1.82, 2.24) is 10.3 Å². The maximum atomic E-state index is 14.4. The highest BCUT2D eigenvalue weighted by Gasteiger charge is 2.24. The number of hydrogen-bond acceptors (Lipinski definition) is 4. The molecule has 1 unspecified atom stereocenters. The average Bonchev–Trinajstić information content (AvgIpc) is 2.48. The molecule has 2 rings (SSSR count). The number of piperidine rings is 1. The molecule has 0 amide bonds. The Hall–Kier alpha value is -1.20. The molecule has 1 saturated heterocycles. The van der Waals surface area contributed by atoms with Crippen LogP contribution in [-0.4, -0.2) is 37.8 Å². The fourth-order valence-corrected chi connectivity index (χ4v) is 2.57. The number of aromatic nitrogens is 1. The fraction of sp³-hybridized carbons (Fsp3) is 0.667. The smallest absolute Gasteiger partial charge is 0.170 e. The highest BCUT2D eigenvalue weighted by molar-refractivity contribution is 5.43. The van der Waals surface area contributed by atoms with Gasteiger partial charge in [-0.05, 0) is 32.4 Å². The Bertz CT molecular complexity index is 428. The lowest BCUT2D eigenvalue weighted by molar-refractivity contribution is 0.0438. The summed E-state index contributed by atoms with van der Waals surface area (Å²) in [6, 6.07) is 1.73. The third kappa shape index (κ3) is 3.67. The molecule has 20 heavy (non-hydrogen) atoms. The number of ether oxygens (including phenoxy) is 1. The summed E-state index contributed by atoms with van der Waals surface area (Å²) in [5.41, 5.74) is 0.661. The largest absolute Gasteiger partial charge is 0.376 e. The van der Waals surface area contributed by atoms with Crippen LogP contribution in [0.1, 0.15) is 31.7 Å². The van der Waals surface area contributed by atoms with Gasteiger partial charge in [-0.15, -0.1) is 0 Å². The number of hydrogen-bond donors (Lipinski definition) is 1. The zero-order valence-corrected chi connectivity index (χ0v) is 12.4. The van der Waals surface area contributed by atoms with Crippen molar-refractivity contribution in [2.24, 2.45) is 0 Å². The van der Waals surface area contributed by atoms with Gasteiger partial charge in [0.05, 0.1) is 6.10 Å². The monoisotopic (exact) mass is 281 g/mol. The van der Waals surface area contributed by atoms with Crippen LogP contribution in [0.3, 0.4) is 0 Å². The summed E-state index contributed by atoms with van der Waals surface area (Å²) in [6.45, 7) is 4.97. The van der Waals surface area contributed by atoms with Gasteiger partial charge in [0, 0.05) is 38.0 Å². The number of anilines is 1. The molecule has 0 aliphatic carbocycles. The first-order valence-corrected chi connectivity index (χ1v) is 7.40. The Balaban J connectivity index is 2.08. The normalized spacial score (nSPS) is 19.4. The number of nitrogens with zero attached hydrogens (tertiary/aromatic N) is 2. The highest BCUT2D eigenvalue weighted by Crippen LogP contribution is 2.24. The van der Waals surface area contributed by atoms with Crippen molar-refractivity contribution in [3.05, 3.63) is 23.6 Å². The molecule has 0 bridgehead atoms. The van der Waals surface area contributed by atoms with Gasteiger partial charge < -0.3 is 15.0 Å². The topological polar surface area (TPSA) is 37.4 Å². The van der Waals surface area contributed by atoms with E-state index in [1.54, 1.807) is 12.3 Å². The van der Waals surface area contributed by atoms with Crippen molar-refractivity contribution in [3.8, 4) is 0 Å². The van der Waals surface area contributed by atoms with Crippen LogP contribution in [0.15, 0.2) is 12.3 Å². The molecule has 4 nitrogen and oxygen atoms in total. The van der Waals surface area contributed by atoms with Crippen LogP contribution in [0, 0.1) is 5.82 Å². The second-order valence-corrected chi connectivity index (χ2v) is 5.22. The number of rotatable bonds is 6.